The number of rotatable bonds is 6. The van der Waals surface area contributed by atoms with Gasteiger partial charge in [0.1, 0.15) is 0 Å². The first-order chi connectivity index (χ1) is 10.1. The zero-order valence-corrected chi connectivity index (χ0v) is 13.7. The Kier molecular flexibility index (Phi) is 5.44. The van der Waals surface area contributed by atoms with Crippen molar-refractivity contribution >= 4 is 5.69 Å². The standard InChI is InChI=1S/C20H27N/c1-5-8-17-11-13-18(14-12-17)16(4)21-20-10-7-6-9-19(20)15(2)3/h6-7,9-16,21H,5,8H2,1-4H3. The maximum Gasteiger partial charge on any atom is 0.0485 e. The van der Waals surface area contributed by atoms with Gasteiger partial charge in [-0.05, 0) is 42.0 Å². The third-order valence-electron chi connectivity index (χ3n) is 3.97. The summed E-state index contributed by atoms with van der Waals surface area (Å²) in [6.45, 7) is 8.93. The lowest BCUT2D eigenvalue weighted by Crippen LogP contribution is -2.09. The summed E-state index contributed by atoms with van der Waals surface area (Å²) >= 11 is 0. The average molecular weight is 281 g/mol. The van der Waals surface area contributed by atoms with E-state index in [1.54, 1.807) is 0 Å². The molecule has 0 aliphatic carbocycles. The van der Waals surface area contributed by atoms with Crippen LogP contribution < -0.4 is 5.32 Å². The van der Waals surface area contributed by atoms with Gasteiger partial charge in [0.2, 0.25) is 0 Å². The molecule has 0 fully saturated rings. The van der Waals surface area contributed by atoms with E-state index in [-0.39, 0.29) is 0 Å². The Bertz CT molecular complexity index is 554. The molecule has 0 radical (unpaired) electrons. The van der Waals surface area contributed by atoms with Gasteiger partial charge in [-0.3, -0.25) is 0 Å². The van der Waals surface area contributed by atoms with Gasteiger partial charge in [0.05, 0.1) is 0 Å². The van der Waals surface area contributed by atoms with Gasteiger partial charge in [-0.15, -0.1) is 0 Å². The fraction of sp³-hybridized carbons (Fsp3) is 0.400. The normalized spacial score (nSPS) is 12.4. The van der Waals surface area contributed by atoms with Crippen LogP contribution in [0.3, 0.4) is 0 Å². The van der Waals surface area contributed by atoms with E-state index < -0.39 is 0 Å². The molecule has 1 heteroatoms. The van der Waals surface area contributed by atoms with E-state index >= 15 is 0 Å². The first-order valence-electron chi connectivity index (χ1n) is 8.06. The Labute approximate surface area is 129 Å². The molecule has 1 atom stereocenters. The van der Waals surface area contributed by atoms with Gasteiger partial charge in [-0.1, -0.05) is 69.7 Å². The predicted octanol–water partition coefficient (Wildman–Crippen LogP) is 5.94. The molecule has 1 nitrogen and oxygen atoms in total. The van der Waals surface area contributed by atoms with Gasteiger partial charge in [-0.2, -0.15) is 0 Å². The Hall–Kier alpha value is -1.76. The molecule has 0 spiro atoms. The summed E-state index contributed by atoms with van der Waals surface area (Å²) in [6, 6.07) is 17.9. The van der Waals surface area contributed by atoms with E-state index in [0.29, 0.717) is 12.0 Å². The predicted molar refractivity (Wildman–Crippen MR) is 93.0 cm³/mol. The maximum absolute atomic E-state index is 3.66. The van der Waals surface area contributed by atoms with E-state index in [1.807, 2.05) is 0 Å². The lowest BCUT2D eigenvalue weighted by Gasteiger charge is -2.20. The molecule has 1 N–H and O–H groups in total. The summed E-state index contributed by atoms with van der Waals surface area (Å²) in [5.41, 5.74) is 5.40. The highest BCUT2D eigenvalue weighted by Gasteiger charge is 2.10. The van der Waals surface area contributed by atoms with Crippen LogP contribution in [0.15, 0.2) is 48.5 Å². The Morgan fingerprint density at radius 2 is 1.57 bits per heavy atom. The van der Waals surface area contributed by atoms with Gasteiger partial charge < -0.3 is 5.32 Å². The molecule has 2 aromatic carbocycles. The van der Waals surface area contributed by atoms with Crippen molar-refractivity contribution in [1.82, 2.24) is 0 Å². The van der Waals surface area contributed by atoms with Crippen molar-refractivity contribution in [2.45, 2.75) is 52.5 Å². The van der Waals surface area contributed by atoms with Crippen LogP contribution in [0.1, 0.15) is 62.8 Å². The van der Waals surface area contributed by atoms with Gasteiger partial charge in [-0.25, -0.2) is 0 Å². The molecule has 0 saturated heterocycles. The van der Waals surface area contributed by atoms with Crippen LogP contribution in [0.5, 0.6) is 0 Å². The molecule has 1 unspecified atom stereocenters. The van der Waals surface area contributed by atoms with Crippen molar-refractivity contribution in [2.75, 3.05) is 5.32 Å². The molecule has 0 heterocycles. The SMILES string of the molecule is CCCc1ccc(C(C)Nc2ccccc2C(C)C)cc1. The summed E-state index contributed by atoms with van der Waals surface area (Å²) in [5.74, 6) is 0.535. The Morgan fingerprint density at radius 3 is 2.19 bits per heavy atom. The number of hydrogen-bond acceptors (Lipinski definition) is 1. The molecule has 0 aromatic heterocycles. The monoisotopic (exact) mass is 281 g/mol. The van der Waals surface area contributed by atoms with Crippen molar-refractivity contribution in [3.8, 4) is 0 Å². The smallest absolute Gasteiger partial charge is 0.0485 e. The first-order valence-corrected chi connectivity index (χ1v) is 8.06. The number of hydrogen-bond donors (Lipinski definition) is 1. The second kappa shape index (κ2) is 7.31. The zero-order valence-electron chi connectivity index (χ0n) is 13.7. The van der Waals surface area contributed by atoms with Crippen molar-refractivity contribution in [3.63, 3.8) is 0 Å². The van der Waals surface area contributed by atoms with E-state index in [1.165, 1.54) is 28.8 Å². The molecule has 2 rings (SSSR count). The topological polar surface area (TPSA) is 12.0 Å². The molecule has 0 bridgehead atoms. The first kappa shape index (κ1) is 15.6. The number of anilines is 1. The summed E-state index contributed by atoms with van der Waals surface area (Å²) in [5, 5.41) is 3.66. The number of para-hydroxylation sites is 1. The van der Waals surface area contributed by atoms with E-state index in [4.69, 9.17) is 0 Å². The lowest BCUT2D eigenvalue weighted by molar-refractivity contribution is 0.840. The van der Waals surface area contributed by atoms with E-state index in [2.05, 4.69) is 81.5 Å². The number of nitrogens with one attached hydrogen (secondary N) is 1. The average Bonchev–Trinajstić information content (AvgIpc) is 2.48. The van der Waals surface area contributed by atoms with Crippen molar-refractivity contribution < 1.29 is 0 Å². The van der Waals surface area contributed by atoms with Crippen LogP contribution in [0.25, 0.3) is 0 Å². The summed E-state index contributed by atoms with van der Waals surface area (Å²) < 4.78 is 0. The molecular weight excluding hydrogens is 254 g/mol. The Morgan fingerprint density at radius 1 is 0.905 bits per heavy atom. The minimum Gasteiger partial charge on any atom is -0.378 e. The lowest BCUT2D eigenvalue weighted by atomic mass is 9.99. The molecule has 21 heavy (non-hydrogen) atoms. The maximum atomic E-state index is 3.66. The van der Waals surface area contributed by atoms with Gasteiger partial charge in [0.15, 0.2) is 0 Å². The van der Waals surface area contributed by atoms with Gasteiger partial charge >= 0.3 is 0 Å². The van der Waals surface area contributed by atoms with Crippen LogP contribution in [0.2, 0.25) is 0 Å². The van der Waals surface area contributed by atoms with E-state index in [9.17, 15) is 0 Å². The molecule has 0 amide bonds. The molecule has 0 aliphatic rings. The van der Waals surface area contributed by atoms with Crippen LogP contribution in [-0.4, -0.2) is 0 Å². The fourth-order valence-corrected chi connectivity index (χ4v) is 2.71. The van der Waals surface area contributed by atoms with Crippen LogP contribution in [0, 0.1) is 0 Å². The number of benzene rings is 2. The fourth-order valence-electron chi connectivity index (χ4n) is 2.71. The van der Waals surface area contributed by atoms with Gasteiger partial charge in [0, 0.05) is 11.7 Å². The zero-order chi connectivity index (χ0) is 15.2. The highest BCUT2D eigenvalue weighted by molar-refractivity contribution is 5.54. The quantitative estimate of drug-likeness (QED) is 0.691. The third kappa shape index (κ3) is 4.10. The summed E-state index contributed by atoms with van der Waals surface area (Å²) in [6.07, 6.45) is 2.37. The molecule has 2 aromatic rings. The molecule has 112 valence electrons. The third-order valence-corrected chi connectivity index (χ3v) is 3.97. The second-order valence-electron chi connectivity index (χ2n) is 6.10. The van der Waals surface area contributed by atoms with Crippen molar-refractivity contribution in [1.29, 1.82) is 0 Å². The minimum absolute atomic E-state index is 0.320. The van der Waals surface area contributed by atoms with Crippen LogP contribution in [-0.2, 0) is 6.42 Å². The van der Waals surface area contributed by atoms with Gasteiger partial charge in [0.25, 0.3) is 0 Å². The second-order valence-corrected chi connectivity index (χ2v) is 6.10. The van der Waals surface area contributed by atoms with Crippen molar-refractivity contribution in [2.24, 2.45) is 0 Å². The largest absolute Gasteiger partial charge is 0.378 e. The summed E-state index contributed by atoms with van der Waals surface area (Å²) in [4.78, 5) is 0. The highest BCUT2D eigenvalue weighted by atomic mass is 14.9. The van der Waals surface area contributed by atoms with Crippen molar-refractivity contribution in [3.05, 3.63) is 65.2 Å². The molecule has 0 aliphatic heterocycles. The van der Waals surface area contributed by atoms with Crippen LogP contribution >= 0.6 is 0 Å². The Balaban J connectivity index is 2.12. The number of aryl methyl sites for hydroxylation is 1. The summed E-state index contributed by atoms with van der Waals surface area (Å²) in [7, 11) is 0. The molecular formula is C20H27N. The minimum atomic E-state index is 0.320. The highest BCUT2D eigenvalue weighted by Crippen LogP contribution is 2.27. The molecule has 0 saturated carbocycles. The van der Waals surface area contributed by atoms with Crippen LogP contribution in [0.4, 0.5) is 5.69 Å². The van der Waals surface area contributed by atoms with E-state index in [0.717, 1.165) is 6.42 Å².